The smallest absolute Gasteiger partial charge is 0.302 e. The number of hydrogen-bond donors (Lipinski definition) is 0. The van der Waals surface area contributed by atoms with Gasteiger partial charge in [-0.05, 0) is 32.6 Å². The number of carbonyl (C=O) groups is 2. The predicted octanol–water partition coefficient (Wildman–Crippen LogP) is 1.44. The molecule has 0 aromatic carbocycles. The fourth-order valence-electron chi connectivity index (χ4n) is 2.78. The fourth-order valence-corrected chi connectivity index (χ4v) is 3.83. The summed E-state index contributed by atoms with van der Waals surface area (Å²) in [7, 11) is 2.93. The zero-order valence-corrected chi connectivity index (χ0v) is 12.6. The lowest BCUT2D eigenvalue weighted by Gasteiger charge is -2.48. The second kappa shape index (κ2) is 4.90. The van der Waals surface area contributed by atoms with E-state index in [1.807, 2.05) is 6.08 Å². The molecule has 0 aromatic rings. The van der Waals surface area contributed by atoms with Gasteiger partial charge in [-0.15, -0.1) is 0 Å². The van der Waals surface area contributed by atoms with E-state index < -0.39 is 17.8 Å². The van der Waals surface area contributed by atoms with Crippen LogP contribution in [0, 0.1) is 11.8 Å². The van der Waals surface area contributed by atoms with E-state index >= 15 is 0 Å². The zero-order valence-electron chi connectivity index (χ0n) is 10.4. The first kappa shape index (κ1) is 14.0. The van der Waals surface area contributed by atoms with E-state index in [1.54, 1.807) is 0 Å². The molecular formula is C12H15IO5. The molecule has 0 heterocycles. The van der Waals surface area contributed by atoms with Crippen molar-refractivity contribution in [3.63, 3.8) is 0 Å². The van der Waals surface area contributed by atoms with Crippen molar-refractivity contribution in [2.75, 3.05) is 14.2 Å². The lowest BCUT2D eigenvalue weighted by atomic mass is 9.69. The van der Waals surface area contributed by atoms with Crippen molar-refractivity contribution in [2.45, 2.75) is 25.2 Å². The highest BCUT2D eigenvalue weighted by Gasteiger charge is 2.60. The van der Waals surface area contributed by atoms with Gasteiger partial charge in [-0.2, -0.15) is 0 Å². The van der Waals surface area contributed by atoms with E-state index in [0.29, 0.717) is 6.42 Å². The molecule has 1 saturated carbocycles. The number of halogens is 1. The number of methoxy groups -OCH3 is 2. The molecule has 5 nitrogen and oxygen atoms in total. The second-order valence-electron chi connectivity index (χ2n) is 4.45. The van der Waals surface area contributed by atoms with Crippen LogP contribution in [0.1, 0.15) is 13.3 Å². The number of ether oxygens (including phenoxy) is 3. The maximum Gasteiger partial charge on any atom is 0.302 e. The van der Waals surface area contributed by atoms with E-state index in [0.717, 1.165) is 3.58 Å². The maximum absolute atomic E-state index is 12.4. The van der Waals surface area contributed by atoms with Crippen molar-refractivity contribution in [1.82, 2.24) is 0 Å². The summed E-state index contributed by atoms with van der Waals surface area (Å²) in [6, 6.07) is 0. The standard InChI is InChI=1S/C12H15IO5/c1-6(14)18-10-5-8-9(13)4-7(10)11(15)12(8,16-2)17-3/h4,7-8,10H,5H2,1-3H3/t7-,8-,10?/m0/s1. The molecule has 3 aliphatic rings. The van der Waals surface area contributed by atoms with Crippen molar-refractivity contribution < 1.29 is 23.8 Å². The lowest BCUT2D eigenvalue weighted by Crippen LogP contribution is -2.61. The molecule has 18 heavy (non-hydrogen) atoms. The van der Waals surface area contributed by atoms with Crippen LogP contribution in [0.4, 0.5) is 0 Å². The Morgan fingerprint density at radius 2 is 2.06 bits per heavy atom. The monoisotopic (exact) mass is 366 g/mol. The molecule has 0 aromatic heterocycles. The third-order valence-corrected chi connectivity index (χ3v) is 4.68. The fraction of sp³-hybridized carbons (Fsp3) is 0.667. The molecule has 3 aliphatic carbocycles. The summed E-state index contributed by atoms with van der Waals surface area (Å²) < 4.78 is 16.9. The Balaban J connectivity index is 2.36. The lowest BCUT2D eigenvalue weighted by molar-refractivity contribution is -0.244. The minimum absolute atomic E-state index is 0.171. The van der Waals surface area contributed by atoms with Gasteiger partial charge in [-0.3, -0.25) is 9.59 Å². The summed E-state index contributed by atoms with van der Waals surface area (Å²) in [5, 5.41) is 0. The Kier molecular flexibility index (Phi) is 3.80. The van der Waals surface area contributed by atoms with E-state index in [-0.39, 0.29) is 17.7 Å². The van der Waals surface area contributed by atoms with Crippen LogP contribution in [0.2, 0.25) is 0 Å². The first-order valence-electron chi connectivity index (χ1n) is 5.65. The van der Waals surface area contributed by atoms with Gasteiger partial charge in [0, 0.05) is 21.1 Å². The highest BCUT2D eigenvalue weighted by molar-refractivity contribution is 14.1. The molecule has 0 spiro atoms. The van der Waals surface area contributed by atoms with Crippen LogP contribution < -0.4 is 0 Å². The van der Waals surface area contributed by atoms with Crippen molar-refractivity contribution in [2.24, 2.45) is 11.8 Å². The van der Waals surface area contributed by atoms with Gasteiger partial charge in [0.15, 0.2) is 0 Å². The summed E-state index contributed by atoms with van der Waals surface area (Å²) in [5.74, 6) is -2.47. The van der Waals surface area contributed by atoms with Gasteiger partial charge < -0.3 is 14.2 Å². The number of rotatable bonds is 3. The largest absolute Gasteiger partial charge is 0.461 e. The number of carbonyl (C=O) groups excluding carboxylic acids is 2. The molecule has 6 heteroatoms. The van der Waals surface area contributed by atoms with Gasteiger partial charge in [-0.1, -0.05) is 6.08 Å². The maximum atomic E-state index is 12.4. The minimum Gasteiger partial charge on any atom is -0.461 e. The third-order valence-electron chi connectivity index (χ3n) is 3.57. The molecule has 1 fully saturated rings. The van der Waals surface area contributed by atoms with Gasteiger partial charge in [-0.25, -0.2) is 0 Å². The predicted molar refractivity (Wildman–Crippen MR) is 71.0 cm³/mol. The molecular weight excluding hydrogens is 351 g/mol. The van der Waals surface area contributed by atoms with E-state index in [9.17, 15) is 9.59 Å². The molecule has 0 N–H and O–H groups in total. The summed E-state index contributed by atoms with van der Waals surface area (Å²) in [4.78, 5) is 23.5. The van der Waals surface area contributed by atoms with Gasteiger partial charge in [0.25, 0.3) is 0 Å². The summed E-state index contributed by atoms with van der Waals surface area (Å²) in [6.07, 6.45) is 1.99. The second-order valence-corrected chi connectivity index (χ2v) is 5.70. The number of fused-ring (bicyclic) bond motifs is 2. The molecule has 0 saturated heterocycles. The van der Waals surface area contributed by atoms with E-state index in [4.69, 9.17) is 14.2 Å². The highest BCUT2D eigenvalue weighted by Crippen LogP contribution is 2.49. The Morgan fingerprint density at radius 3 is 2.56 bits per heavy atom. The normalized spacial score (nSPS) is 33.2. The summed E-state index contributed by atoms with van der Waals surface area (Å²) in [5.41, 5.74) is 0. The average molecular weight is 366 g/mol. The number of Topliss-reactive ketones (excluding diaryl/α,β-unsaturated/α-hetero) is 1. The van der Waals surface area contributed by atoms with Gasteiger partial charge >= 0.3 is 5.97 Å². The van der Waals surface area contributed by atoms with Gasteiger partial charge in [0.1, 0.15) is 6.10 Å². The number of esters is 1. The summed E-state index contributed by atoms with van der Waals surface area (Å²) >= 11 is 2.18. The van der Waals surface area contributed by atoms with E-state index in [2.05, 4.69) is 22.6 Å². The zero-order chi connectivity index (χ0) is 13.5. The molecule has 3 rings (SSSR count). The van der Waals surface area contributed by atoms with Crippen molar-refractivity contribution >= 4 is 34.3 Å². The van der Waals surface area contributed by atoms with Crippen molar-refractivity contribution in [3.05, 3.63) is 9.66 Å². The number of ketones is 1. The molecule has 0 aliphatic heterocycles. The number of hydrogen-bond acceptors (Lipinski definition) is 5. The van der Waals surface area contributed by atoms with Crippen molar-refractivity contribution in [3.8, 4) is 0 Å². The van der Waals surface area contributed by atoms with E-state index in [1.165, 1.54) is 21.1 Å². The van der Waals surface area contributed by atoms with Crippen LogP contribution >= 0.6 is 22.6 Å². The Hall–Kier alpha value is -0.470. The van der Waals surface area contributed by atoms with Crippen LogP contribution in [0.3, 0.4) is 0 Å². The molecule has 100 valence electrons. The Labute approximate surface area is 119 Å². The summed E-state index contributed by atoms with van der Waals surface area (Å²) in [6.45, 7) is 1.35. The third kappa shape index (κ3) is 1.90. The quantitative estimate of drug-likeness (QED) is 0.430. The molecule has 1 unspecified atom stereocenters. The molecule has 0 radical (unpaired) electrons. The topological polar surface area (TPSA) is 61.8 Å². The molecule has 0 amide bonds. The van der Waals surface area contributed by atoms with Crippen LogP contribution in [-0.2, 0) is 23.8 Å². The van der Waals surface area contributed by atoms with Crippen molar-refractivity contribution in [1.29, 1.82) is 0 Å². The van der Waals surface area contributed by atoms with Gasteiger partial charge in [0.2, 0.25) is 11.6 Å². The van der Waals surface area contributed by atoms with Gasteiger partial charge in [0.05, 0.1) is 11.8 Å². The molecule has 3 atom stereocenters. The average Bonchev–Trinajstić information content (AvgIpc) is 2.32. The molecule has 2 bridgehead atoms. The van der Waals surface area contributed by atoms with Crippen LogP contribution in [-0.4, -0.2) is 37.9 Å². The van der Waals surface area contributed by atoms with Crippen LogP contribution in [0.15, 0.2) is 9.66 Å². The Bertz CT molecular complexity index is 413. The van der Waals surface area contributed by atoms with Crippen LogP contribution in [0.5, 0.6) is 0 Å². The minimum atomic E-state index is -1.23. The van der Waals surface area contributed by atoms with Crippen LogP contribution in [0.25, 0.3) is 0 Å². The first-order valence-corrected chi connectivity index (χ1v) is 6.73. The first-order chi connectivity index (χ1) is 8.46. The Morgan fingerprint density at radius 1 is 1.44 bits per heavy atom. The highest BCUT2D eigenvalue weighted by atomic mass is 127. The SMILES string of the molecule is COC1(OC)C(=O)[C@H]2C=C(I)[C@@H]1CC2OC(C)=O.